The van der Waals surface area contributed by atoms with E-state index in [1.54, 1.807) is 17.0 Å². The highest BCUT2D eigenvalue weighted by atomic mass is 35.5. The normalized spacial score (nSPS) is 23.4. The van der Waals surface area contributed by atoms with Gasteiger partial charge in [-0.05, 0) is 24.1 Å². The van der Waals surface area contributed by atoms with Crippen LogP contribution in [0.2, 0.25) is 0 Å². The maximum absolute atomic E-state index is 12.9. The Morgan fingerprint density at radius 2 is 2.11 bits per heavy atom. The summed E-state index contributed by atoms with van der Waals surface area (Å²) in [7, 11) is 0. The smallest absolute Gasteiger partial charge is 0.223 e. The number of benzene rings is 1. The fraction of sp³-hybridized carbons (Fsp3) is 0.500. The lowest BCUT2D eigenvalue weighted by Crippen LogP contribution is -2.49. The van der Waals surface area contributed by atoms with Crippen LogP contribution in [0, 0.1) is 5.82 Å². The number of carbonyl (C=O) groups is 1. The number of hydrogen-bond donors (Lipinski definition) is 1. The van der Waals surface area contributed by atoms with Crippen molar-refractivity contribution in [3.05, 3.63) is 35.6 Å². The number of hydrogen-bond acceptors (Lipinski definition) is 2. The molecule has 0 aliphatic carbocycles. The van der Waals surface area contributed by atoms with Crippen molar-refractivity contribution in [1.82, 2.24) is 4.90 Å². The molecule has 3 nitrogen and oxygen atoms in total. The molecule has 0 radical (unpaired) electrons. The minimum atomic E-state index is -0.243. The van der Waals surface area contributed by atoms with Crippen molar-refractivity contribution in [2.24, 2.45) is 5.73 Å². The lowest BCUT2D eigenvalue weighted by Gasteiger charge is -2.37. The highest BCUT2D eigenvalue weighted by molar-refractivity contribution is 6.18. The third-order valence-electron chi connectivity index (χ3n) is 3.62. The molecule has 1 fully saturated rings. The molecule has 19 heavy (non-hydrogen) atoms. The monoisotopic (exact) mass is 284 g/mol. The highest BCUT2D eigenvalue weighted by Gasteiger charge is 2.29. The molecular weight excluding hydrogens is 267 g/mol. The summed E-state index contributed by atoms with van der Waals surface area (Å²) in [4.78, 5) is 13.5. The Morgan fingerprint density at radius 1 is 1.42 bits per heavy atom. The van der Waals surface area contributed by atoms with Crippen LogP contribution in [0.15, 0.2) is 24.3 Å². The quantitative estimate of drug-likeness (QED) is 0.864. The minimum Gasteiger partial charge on any atom is -0.341 e. The van der Waals surface area contributed by atoms with Gasteiger partial charge in [0, 0.05) is 37.4 Å². The number of amides is 1. The lowest BCUT2D eigenvalue weighted by molar-refractivity contribution is -0.132. The highest BCUT2D eigenvalue weighted by Crippen LogP contribution is 2.27. The second-order valence-electron chi connectivity index (χ2n) is 4.89. The van der Waals surface area contributed by atoms with Crippen molar-refractivity contribution < 1.29 is 9.18 Å². The van der Waals surface area contributed by atoms with Gasteiger partial charge in [-0.1, -0.05) is 12.1 Å². The van der Waals surface area contributed by atoms with Crippen molar-refractivity contribution >= 4 is 17.5 Å². The molecule has 1 aliphatic heterocycles. The number of nitrogens with two attached hydrogens (primary N) is 1. The van der Waals surface area contributed by atoms with Gasteiger partial charge in [0.1, 0.15) is 5.82 Å². The first kappa shape index (κ1) is 14.3. The summed E-state index contributed by atoms with van der Waals surface area (Å²) in [5.41, 5.74) is 7.19. The summed E-state index contributed by atoms with van der Waals surface area (Å²) in [6.45, 7) is 1.23. The average Bonchev–Trinajstić information content (AvgIpc) is 2.40. The molecule has 0 spiro atoms. The van der Waals surface area contributed by atoms with E-state index in [4.69, 9.17) is 17.3 Å². The van der Waals surface area contributed by atoms with Gasteiger partial charge in [-0.25, -0.2) is 4.39 Å². The summed E-state index contributed by atoms with van der Waals surface area (Å²) in [6, 6.07) is 6.34. The molecule has 1 aromatic rings. The fourth-order valence-electron chi connectivity index (χ4n) is 2.57. The summed E-state index contributed by atoms with van der Waals surface area (Å²) in [6.07, 6.45) is 1.16. The number of carbonyl (C=O) groups excluding carboxylic acids is 1. The lowest BCUT2D eigenvalue weighted by atomic mass is 9.85. The molecular formula is C14H18ClFN2O. The molecule has 2 unspecified atom stereocenters. The Morgan fingerprint density at radius 3 is 2.68 bits per heavy atom. The van der Waals surface area contributed by atoms with Crippen LogP contribution in [0.3, 0.4) is 0 Å². The number of likely N-dealkylation sites (tertiary alicyclic amines) is 1. The first-order chi connectivity index (χ1) is 9.11. The standard InChI is InChI=1S/C14H18ClFN2O/c15-7-5-14(19)18-8-6-12(13(17)9-18)10-1-3-11(16)4-2-10/h1-4,12-13H,5-9,17H2. The van der Waals surface area contributed by atoms with Crippen molar-refractivity contribution in [2.75, 3.05) is 19.0 Å². The van der Waals surface area contributed by atoms with Crippen LogP contribution in [-0.2, 0) is 4.79 Å². The van der Waals surface area contributed by atoms with Crippen LogP contribution >= 0.6 is 11.6 Å². The molecule has 1 aromatic carbocycles. The third kappa shape index (κ3) is 3.45. The topological polar surface area (TPSA) is 46.3 Å². The molecule has 1 aliphatic rings. The van der Waals surface area contributed by atoms with Gasteiger partial charge in [-0.2, -0.15) is 0 Å². The maximum atomic E-state index is 12.9. The van der Waals surface area contributed by atoms with Gasteiger partial charge < -0.3 is 10.6 Å². The molecule has 1 heterocycles. The zero-order chi connectivity index (χ0) is 13.8. The van der Waals surface area contributed by atoms with Crippen molar-refractivity contribution in [3.63, 3.8) is 0 Å². The van der Waals surface area contributed by atoms with Gasteiger partial charge in [0.05, 0.1) is 0 Å². The molecule has 1 saturated heterocycles. The van der Waals surface area contributed by atoms with Gasteiger partial charge in [-0.15, -0.1) is 11.6 Å². The van der Waals surface area contributed by atoms with Crippen molar-refractivity contribution in [3.8, 4) is 0 Å². The van der Waals surface area contributed by atoms with Crippen LogP contribution < -0.4 is 5.73 Å². The molecule has 104 valence electrons. The van der Waals surface area contributed by atoms with E-state index in [-0.39, 0.29) is 23.7 Å². The zero-order valence-electron chi connectivity index (χ0n) is 10.7. The predicted molar refractivity (Wildman–Crippen MR) is 73.7 cm³/mol. The number of nitrogens with zero attached hydrogens (tertiary/aromatic N) is 1. The molecule has 0 aromatic heterocycles. The summed E-state index contributed by atoms with van der Waals surface area (Å²) >= 11 is 5.58. The molecule has 2 rings (SSSR count). The van der Waals surface area contributed by atoms with E-state index in [1.165, 1.54) is 12.1 Å². The third-order valence-corrected chi connectivity index (χ3v) is 3.81. The average molecular weight is 285 g/mol. The molecule has 1 amide bonds. The maximum Gasteiger partial charge on any atom is 0.223 e. The molecule has 0 saturated carbocycles. The largest absolute Gasteiger partial charge is 0.341 e. The number of alkyl halides is 1. The van der Waals surface area contributed by atoms with E-state index in [2.05, 4.69) is 0 Å². The van der Waals surface area contributed by atoms with Gasteiger partial charge in [0.25, 0.3) is 0 Å². The van der Waals surface area contributed by atoms with E-state index in [9.17, 15) is 9.18 Å². The van der Waals surface area contributed by atoms with Crippen LogP contribution in [0.25, 0.3) is 0 Å². The molecule has 2 atom stereocenters. The fourth-order valence-corrected chi connectivity index (χ4v) is 2.73. The van der Waals surface area contributed by atoms with E-state index in [1.807, 2.05) is 0 Å². The summed E-state index contributed by atoms with van der Waals surface area (Å²) in [5, 5.41) is 0. The molecule has 2 N–H and O–H groups in total. The molecule has 5 heteroatoms. The van der Waals surface area contributed by atoms with Crippen LogP contribution in [0.4, 0.5) is 4.39 Å². The first-order valence-corrected chi connectivity index (χ1v) is 7.00. The second kappa shape index (κ2) is 6.35. The van der Waals surface area contributed by atoms with E-state index < -0.39 is 0 Å². The Hall–Kier alpha value is -1.13. The summed E-state index contributed by atoms with van der Waals surface area (Å²) in [5.74, 6) is 0.335. The number of piperidine rings is 1. The van der Waals surface area contributed by atoms with Crippen molar-refractivity contribution in [2.45, 2.75) is 24.8 Å². The van der Waals surface area contributed by atoms with Crippen molar-refractivity contribution in [1.29, 1.82) is 0 Å². The van der Waals surface area contributed by atoms with Gasteiger partial charge in [0.15, 0.2) is 0 Å². The second-order valence-corrected chi connectivity index (χ2v) is 5.27. The first-order valence-electron chi connectivity index (χ1n) is 6.46. The molecule has 0 bridgehead atoms. The number of rotatable bonds is 3. The zero-order valence-corrected chi connectivity index (χ0v) is 11.4. The van der Waals surface area contributed by atoms with E-state index in [0.717, 1.165) is 12.0 Å². The van der Waals surface area contributed by atoms with Crippen LogP contribution in [0.5, 0.6) is 0 Å². The van der Waals surface area contributed by atoms with Crippen LogP contribution in [0.1, 0.15) is 24.3 Å². The minimum absolute atomic E-state index is 0.0583. The Balaban J connectivity index is 2.00. The van der Waals surface area contributed by atoms with Gasteiger partial charge >= 0.3 is 0 Å². The van der Waals surface area contributed by atoms with Gasteiger partial charge in [-0.3, -0.25) is 4.79 Å². The predicted octanol–water partition coefficient (Wildman–Crippen LogP) is 2.10. The Kier molecular flexibility index (Phi) is 4.77. The Labute approximate surface area is 117 Å². The van der Waals surface area contributed by atoms with Gasteiger partial charge in [0.2, 0.25) is 5.91 Å². The Bertz CT molecular complexity index is 438. The SMILES string of the molecule is NC1CN(C(=O)CCCl)CCC1c1ccc(F)cc1. The summed E-state index contributed by atoms with van der Waals surface area (Å²) < 4.78 is 12.9. The van der Waals surface area contributed by atoms with E-state index >= 15 is 0 Å². The van der Waals surface area contributed by atoms with Crippen LogP contribution in [-0.4, -0.2) is 35.8 Å². The van der Waals surface area contributed by atoms with E-state index in [0.29, 0.717) is 25.4 Å². The number of halogens is 2.